The van der Waals surface area contributed by atoms with E-state index in [0.29, 0.717) is 19.6 Å². The lowest BCUT2D eigenvalue weighted by Gasteiger charge is -2.15. The fourth-order valence-electron chi connectivity index (χ4n) is 3.05. The maximum Gasteiger partial charge on any atom is 0.117 e. The van der Waals surface area contributed by atoms with E-state index in [2.05, 4.69) is 48.9 Å². The Bertz CT molecular complexity index is 787. The highest BCUT2D eigenvalue weighted by Crippen LogP contribution is 2.26. The van der Waals surface area contributed by atoms with Crippen molar-refractivity contribution in [3.63, 3.8) is 0 Å². The molecule has 4 nitrogen and oxygen atoms in total. The Balaban J connectivity index is 1.69. The molecule has 2 heterocycles. The van der Waals surface area contributed by atoms with Gasteiger partial charge >= 0.3 is 0 Å². The van der Waals surface area contributed by atoms with Crippen molar-refractivity contribution in [2.24, 2.45) is 0 Å². The average Bonchev–Trinajstić information content (AvgIpc) is 3.11. The Morgan fingerprint density at radius 1 is 1.22 bits per heavy atom. The van der Waals surface area contributed by atoms with E-state index in [4.69, 9.17) is 4.42 Å². The number of hydrogen-bond acceptors (Lipinski definition) is 3. The van der Waals surface area contributed by atoms with E-state index in [1.165, 1.54) is 27.7 Å². The molecule has 122 valence electrons. The zero-order chi connectivity index (χ0) is 16.4. The van der Waals surface area contributed by atoms with Gasteiger partial charge in [-0.3, -0.25) is 0 Å². The van der Waals surface area contributed by atoms with Gasteiger partial charge in [-0.25, -0.2) is 0 Å². The van der Waals surface area contributed by atoms with Crippen molar-refractivity contribution in [3.05, 3.63) is 59.2 Å². The number of fused-ring (bicyclic) bond motifs is 1. The first-order chi connectivity index (χ1) is 11.1. The molecule has 2 aromatic heterocycles. The molecule has 0 radical (unpaired) electrons. The second-order valence-corrected chi connectivity index (χ2v) is 6.21. The molecule has 1 unspecified atom stereocenters. The van der Waals surface area contributed by atoms with Crippen LogP contribution in [0.4, 0.5) is 0 Å². The standard InChI is InChI=1S/C19H24N2O2/c1-13-6-7-19-18(9-13)14(2)15(3)21(19)12-16(22)10-20-11-17-5-4-8-23-17/h4-9,16,20,22H,10-12H2,1-3H3. The largest absolute Gasteiger partial charge is 0.468 e. The summed E-state index contributed by atoms with van der Waals surface area (Å²) in [6, 6.07) is 10.3. The number of aryl methyl sites for hydroxylation is 2. The van der Waals surface area contributed by atoms with Crippen molar-refractivity contribution in [1.29, 1.82) is 0 Å². The Labute approximate surface area is 136 Å². The van der Waals surface area contributed by atoms with Crippen LogP contribution in [0.1, 0.15) is 22.6 Å². The summed E-state index contributed by atoms with van der Waals surface area (Å²) in [5, 5.41) is 14.9. The summed E-state index contributed by atoms with van der Waals surface area (Å²) in [5.41, 5.74) is 4.96. The van der Waals surface area contributed by atoms with Crippen LogP contribution in [0, 0.1) is 20.8 Å². The van der Waals surface area contributed by atoms with Crippen LogP contribution in [0.2, 0.25) is 0 Å². The number of aliphatic hydroxyl groups is 1. The van der Waals surface area contributed by atoms with Crippen LogP contribution >= 0.6 is 0 Å². The van der Waals surface area contributed by atoms with E-state index in [-0.39, 0.29) is 0 Å². The third kappa shape index (κ3) is 3.33. The van der Waals surface area contributed by atoms with Gasteiger partial charge in [0.2, 0.25) is 0 Å². The summed E-state index contributed by atoms with van der Waals surface area (Å²) in [6.45, 7) is 8.13. The number of nitrogens with one attached hydrogen (secondary N) is 1. The summed E-state index contributed by atoms with van der Waals surface area (Å²) < 4.78 is 7.49. The van der Waals surface area contributed by atoms with Crippen molar-refractivity contribution in [3.8, 4) is 0 Å². The number of aromatic nitrogens is 1. The first-order valence-corrected chi connectivity index (χ1v) is 8.03. The van der Waals surface area contributed by atoms with E-state index in [1.54, 1.807) is 6.26 Å². The van der Waals surface area contributed by atoms with Crippen molar-refractivity contribution in [2.45, 2.75) is 40.0 Å². The highest BCUT2D eigenvalue weighted by atomic mass is 16.3. The zero-order valence-corrected chi connectivity index (χ0v) is 14.0. The number of benzene rings is 1. The van der Waals surface area contributed by atoms with E-state index in [1.807, 2.05) is 12.1 Å². The number of aliphatic hydroxyl groups excluding tert-OH is 1. The first-order valence-electron chi connectivity index (χ1n) is 8.03. The first kappa shape index (κ1) is 15.8. The molecule has 23 heavy (non-hydrogen) atoms. The van der Waals surface area contributed by atoms with Gasteiger partial charge in [-0.05, 0) is 50.6 Å². The van der Waals surface area contributed by atoms with Gasteiger partial charge in [-0.2, -0.15) is 0 Å². The molecule has 0 aliphatic heterocycles. The van der Waals surface area contributed by atoms with Gasteiger partial charge in [0.15, 0.2) is 0 Å². The average molecular weight is 312 g/mol. The van der Waals surface area contributed by atoms with Crippen LogP contribution in [0.25, 0.3) is 10.9 Å². The molecule has 3 rings (SSSR count). The minimum absolute atomic E-state index is 0.444. The molecule has 0 spiro atoms. The van der Waals surface area contributed by atoms with Crippen molar-refractivity contribution < 1.29 is 9.52 Å². The van der Waals surface area contributed by atoms with Crippen molar-refractivity contribution in [2.75, 3.05) is 6.54 Å². The molecule has 2 N–H and O–H groups in total. The normalized spacial score (nSPS) is 12.9. The van der Waals surface area contributed by atoms with Crippen LogP contribution in [0.5, 0.6) is 0 Å². The van der Waals surface area contributed by atoms with Crippen LogP contribution < -0.4 is 5.32 Å². The quantitative estimate of drug-likeness (QED) is 0.734. The molecule has 0 bridgehead atoms. The highest BCUT2D eigenvalue weighted by molar-refractivity contribution is 5.85. The molecule has 4 heteroatoms. The van der Waals surface area contributed by atoms with Crippen LogP contribution in [-0.2, 0) is 13.1 Å². The third-order valence-corrected chi connectivity index (χ3v) is 4.45. The van der Waals surface area contributed by atoms with E-state index in [0.717, 1.165) is 5.76 Å². The fourth-order valence-corrected chi connectivity index (χ4v) is 3.05. The van der Waals surface area contributed by atoms with Crippen LogP contribution in [0.15, 0.2) is 41.0 Å². The smallest absolute Gasteiger partial charge is 0.117 e. The zero-order valence-electron chi connectivity index (χ0n) is 14.0. The van der Waals surface area contributed by atoms with E-state index >= 15 is 0 Å². The second kappa shape index (κ2) is 6.60. The van der Waals surface area contributed by atoms with Crippen molar-refractivity contribution in [1.82, 2.24) is 9.88 Å². The fraction of sp³-hybridized carbons (Fsp3) is 0.368. The van der Waals surface area contributed by atoms with Gasteiger partial charge in [0, 0.05) is 23.1 Å². The Morgan fingerprint density at radius 3 is 2.78 bits per heavy atom. The SMILES string of the molecule is Cc1ccc2c(c1)c(C)c(C)n2CC(O)CNCc1ccco1. The van der Waals surface area contributed by atoms with Crippen molar-refractivity contribution >= 4 is 10.9 Å². The summed E-state index contributed by atoms with van der Waals surface area (Å²) >= 11 is 0. The molecule has 1 aromatic carbocycles. The Hall–Kier alpha value is -2.04. The van der Waals surface area contributed by atoms with Gasteiger partial charge in [-0.1, -0.05) is 11.6 Å². The molecule has 0 fully saturated rings. The molecule has 0 aliphatic carbocycles. The van der Waals surface area contributed by atoms with Gasteiger partial charge in [0.1, 0.15) is 5.76 Å². The predicted molar refractivity (Wildman–Crippen MR) is 92.6 cm³/mol. The molecular weight excluding hydrogens is 288 g/mol. The summed E-state index contributed by atoms with van der Waals surface area (Å²) in [5.74, 6) is 0.881. The Morgan fingerprint density at radius 2 is 2.04 bits per heavy atom. The maximum atomic E-state index is 10.4. The number of rotatable bonds is 6. The second-order valence-electron chi connectivity index (χ2n) is 6.21. The summed E-state index contributed by atoms with van der Waals surface area (Å²) in [4.78, 5) is 0. The van der Waals surface area contributed by atoms with E-state index in [9.17, 15) is 5.11 Å². The minimum atomic E-state index is -0.444. The number of furan rings is 1. The molecule has 3 aromatic rings. The summed E-state index contributed by atoms with van der Waals surface area (Å²) in [7, 11) is 0. The highest BCUT2D eigenvalue weighted by Gasteiger charge is 2.14. The molecule has 0 saturated heterocycles. The molecule has 0 aliphatic rings. The molecule has 0 saturated carbocycles. The van der Waals surface area contributed by atoms with Gasteiger partial charge in [0.05, 0.1) is 25.5 Å². The Kier molecular flexibility index (Phi) is 4.55. The molecular formula is C19H24N2O2. The number of hydrogen-bond donors (Lipinski definition) is 2. The van der Waals surface area contributed by atoms with Gasteiger partial charge in [-0.15, -0.1) is 0 Å². The third-order valence-electron chi connectivity index (χ3n) is 4.45. The van der Waals surface area contributed by atoms with Crippen LogP contribution in [-0.4, -0.2) is 22.3 Å². The van der Waals surface area contributed by atoms with Gasteiger partial charge < -0.3 is 19.4 Å². The molecule has 1 atom stereocenters. The lowest BCUT2D eigenvalue weighted by Crippen LogP contribution is -2.30. The van der Waals surface area contributed by atoms with Crippen LogP contribution in [0.3, 0.4) is 0 Å². The lowest BCUT2D eigenvalue weighted by molar-refractivity contribution is 0.151. The number of nitrogens with zero attached hydrogens (tertiary/aromatic N) is 1. The van der Waals surface area contributed by atoms with E-state index < -0.39 is 6.10 Å². The minimum Gasteiger partial charge on any atom is -0.468 e. The monoisotopic (exact) mass is 312 g/mol. The lowest BCUT2D eigenvalue weighted by atomic mass is 10.1. The van der Waals surface area contributed by atoms with Gasteiger partial charge in [0.25, 0.3) is 0 Å². The molecule has 0 amide bonds. The predicted octanol–water partition coefficient (Wildman–Crippen LogP) is 3.31. The maximum absolute atomic E-state index is 10.4. The summed E-state index contributed by atoms with van der Waals surface area (Å²) in [6.07, 6.45) is 1.22. The topological polar surface area (TPSA) is 50.3 Å².